The summed E-state index contributed by atoms with van der Waals surface area (Å²) in [4.78, 5) is 25.0. The lowest BCUT2D eigenvalue weighted by Gasteiger charge is -2.21. The van der Waals surface area contributed by atoms with Gasteiger partial charge in [0.25, 0.3) is 5.91 Å². The summed E-state index contributed by atoms with van der Waals surface area (Å²) in [6.45, 7) is 1.24. The molecule has 0 unspecified atom stereocenters. The predicted molar refractivity (Wildman–Crippen MR) is 114 cm³/mol. The summed E-state index contributed by atoms with van der Waals surface area (Å²) in [5, 5.41) is 11.5. The Bertz CT molecular complexity index is 1230. The lowest BCUT2D eigenvalue weighted by atomic mass is 10.1. The number of halogens is 4. The van der Waals surface area contributed by atoms with Gasteiger partial charge >= 0.3 is 6.09 Å². The Balaban J connectivity index is 1.81. The Morgan fingerprint density at radius 3 is 2.37 bits per heavy atom. The quantitative estimate of drug-likeness (QED) is 0.427. The number of carbonyl (C=O) groups is 2. The average Bonchev–Trinajstić information content (AvgIpc) is 3.31. The number of benzene rings is 1. The van der Waals surface area contributed by atoms with E-state index >= 15 is 4.39 Å². The number of aliphatic hydroxyl groups excluding tert-OH is 1. The van der Waals surface area contributed by atoms with E-state index in [0.29, 0.717) is 12.1 Å². The minimum absolute atomic E-state index is 0.0349. The minimum Gasteiger partial charge on any atom is -0.450 e. The summed E-state index contributed by atoms with van der Waals surface area (Å²) in [5.74, 6) is -8.72. The number of anilines is 1. The maximum Gasteiger partial charge on any atom is 0.410 e. The molecule has 35 heavy (non-hydrogen) atoms. The van der Waals surface area contributed by atoms with Crippen LogP contribution in [-0.4, -0.2) is 66.5 Å². The van der Waals surface area contributed by atoms with Crippen molar-refractivity contribution in [1.29, 1.82) is 0 Å². The largest absolute Gasteiger partial charge is 0.450 e. The number of rotatable bonds is 7. The molecule has 2 amide bonds. The van der Waals surface area contributed by atoms with E-state index in [0.717, 1.165) is 10.8 Å². The fraction of sp³-hybridized carbons (Fsp3) is 0.429. The Kier molecular flexibility index (Phi) is 7.74. The van der Waals surface area contributed by atoms with Crippen LogP contribution in [0.1, 0.15) is 23.8 Å². The van der Waals surface area contributed by atoms with Crippen LogP contribution >= 0.6 is 0 Å². The van der Waals surface area contributed by atoms with Crippen LogP contribution in [0.2, 0.25) is 0 Å². The van der Waals surface area contributed by atoms with Crippen molar-refractivity contribution in [2.45, 2.75) is 24.3 Å². The molecular weight excluding hydrogens is 498 g/mol. The molecular formula is C21H23F4N3O6S. The number of nitrogens with zero attached hydrogens (tertiary/aromatic N) is 2. The van der Waals surface area contributed by atoms with Gasteiger partial charge in [0, 0.05) is 37.6 Å². The van der Waals surface area contributed by atoms with Crippen molar-refractivity contribution in [2.24, 2.45) is 13.0 Å². The van der Waals surface area contributed by atoms with E-state index in [1.165, 1.54) is 11.9 Å². The van der Waals surface area contributed by atoms with Crippen LogP contribution in [0.15, 0.2) is 23.2 Å². The van der Waals surface area contributed by atoms with Gasteiger partial charge in [-0.3, -0.25) is 4.79 Å². The Morgan fingerprint density at radius 2 is 1.80 bits per heavy atom. The minimum atomic E-state index is -4.30. The number of aryl methyl sites for hydroxylation is 1. The molecule has 14 heteroatoms. The third-order valence-corrected chi connectivity index (χ3v) is 7.41. The van der Waals surface area contributed by atoms with Crippen LogP contribution in [0.25, 0.3) is 0 Å². The van der Waals surface area contributed by atoms with Crippen LogP contribution < -0.4 is 5.32 Å². The van der Waals surface area contributed by atoms with E-state index in [-0.39, 0.29) is 19.6 Å². The van der Waals surface area contributed by atoms with Crippen molar-refractivity contribution in [2.75, 3.05) is 30.8 Å². The molecule has 1 saturated heterocycles. The number of aromatic nitrogens is 1. The zero-order valence-electron chi connectivity index (χ0n) is 18.7. The first kappa shape index (κ1) is 26.5. The highest BCUT2D eigenvalue weighted by Crippen LogP contribution is 2.29. The highest BCUT2D eigenvalue weighted by Gasteiger charge is 2.39. The van der Waals surface area contributed by atoms with Crippen LogP contribution in [0, 0.1) is 29.2 Å². The van der Waals surface area contributed by atoms with E-state index < -0.39 is 85.7 Å². The number of aliphatic hydroxyl groups is 1. The maximum absolute atomic E-state index is 15.1. The molecule has 0 saturated carbocycles. The van der Waals surface area contributed by atoms with Gasteiger partial charge in [0.05, 0.1) is 25.0 Å². The topological polar surface area (TPSA) is 118 Å². The van der Waals surface area contributed by atoms with Crippen LogP contribution in [0.3, 0.4) is 0 Å². The number of amides is 2. The van der Waals surface area contributed by atoms with Crippen LogP contribution in [0.4, 0.5) is 28.0 Å². The first-order valence-electron chi connectivity index (χ1n) is 10.5. The third-order valence-electron chi connectivity index (χ3n) is 5.55. The van der Waals surface area contributed by atoms with Crippen molar-refractivity contribution < 1.29 is 45.4 Å². The van der Waals surface area contributed by atoms with E-state index in [2.05, 4.69) is 0 Å². The van der Waals surface area contributed by atoms with Gasteiger partial charge < -0.3 is 24.6 Å². The Morgan fingerprint density at radius 1 is 1.17 bits per heavy atom. The fourth-order valence-electron chi connectivity index (χ4n) is 4.00. The van der Waals surface area contributed by atoms with Crippen molar-refractivity contribution in [1.82, 2.24) is 9.47 Å². The molecule has 0 bridgehead atoms. The summed E-state index contributed by atoms with van der Waals surface area (Å²) in [7, 11) is -3.10. The molecule has 1 fully saturated rings. The zero-order valence-corrected chi connectivity index (χ0v) is 19.5. The monoisotopic (exact) mass is 521 g/mol. The van der Waals surface area contributed by atoms with Gasteiger partial charge in [0.2, 0.25) is 0 Å². The van der Waals surface area contributed by atoms with E-state index in [4.69, 9.17) is 4.74 Å². The number of hydrogen-bond acceptors (Lipinski definition) is 6. The summed E-state index contributed by atoms with van der Waals surface area (Å²) in [6, 6.07) is 0.316. The number of likely N-dealkylation sites (tertiary alicyclic amines) is 1. The Labute approximate surface area is 198 Å². The summed E-state index contributed by atoms with van der Waals surface area (Å²) < 4.78 is 86.7. The van der Waals surface area contributed by atoms with Gasteiger partial charge in [0.1, 0.15) is 10.6 Å². The third kappa shape index (κ3) is 5.42. The smallest absolute Gasteiger partial charge is 0.410 e. The highest BCUT2D eigenvalue weighted by molar-refractivity contribution is 7.91. The predicted octanol–water partition coefficient (Wildman–Crippen LogP) is 2.45. The molecule has 0 radical (unpaired) electrons. The molecule has 2 N–H and O–H groups in total. The van der Waals surface area contributed by atoms with Crippen molar-refractivity contribution in [3.05, 3.63) is 47.3 Å². The molecule has 1 aromatic heterocycles. The molecule has 192 valence electrons. The normalized spacial score (nSPS) is 18.1. The first-order valence-corrected chi connectivity index (χ1v) is 12.1. The van der Waals surface area contributed by atoms with E-state index in [1.807, 2.05) is 5.32 Å². The maximum atomic E-state index is 15.1. The molecule has 2 atom stereocenters. The molecule has 2 heterocycles. The van der Waals surface area contributed by atoms with Crippen LogP contribution in [0.5, 0.6) is 0 Å². The van der Waals surface area contributed by atoms with Crippen LogP contribution in [-0.2, 0) is 21.6 Å². The Hall–Kier alpha value is -3.13. The average molecular weight is 521 g/mol. The molecule has 0 aliphatic carbocycles. The number of carbonyl (C=O) groups excluding carboxylic acids is 2. The lowest BCUT2D eigenvalue weighted by molar-refractivity contribution is 0.0881. The highest BCUT2D eigenvalue weighted by atomic mass is 32.2. The van der Waals surface area contributed by atoms with E-state index in [9.17, 15) is 36.3 Å². The standard InChI is InChI=1S/C21H23F4N3O6S/c1-3-34-21(31)28-7-11(4-13(28)9-29)10-35(32,33)16-8-27(2)19(18(16)25)20(30)26-12-5-14(22)17(24)15(23)6-12/h5-6,8,11,13,29H,3-4,7,9-10H2,1-2H3,(H,26,30)/t11-,13-/m1/s1. The molecule has 1 aromatic carbocycles. The van der Waals surface area contributed by atoms with Gasteiger partial charge in [-0.1, -0.05) is 0 Å². The second kappa shape index (κ2) is 10.2. The van der Waals surface area contributed by atoms with Gasteiger partial charge in [-0.2, -0.15) is 0 Å². The number of nitrogens with one attached hydrogen (secondary N) is 1. The van der Waals surface area contributed by atoms with Gasteiger partial charge in [-0.25, -0.2) is 30.8 Å². The second-order valence-corrected chi connectivity index (χ2v) is 10.0. The first-order chi connectivity index (χ1) is 16.4. The number of ether oxygens (including phenoxy) is 1. The SMILES string of the molecule is CCOC(=O)N1C[C@H](CS(=O)(=O)c2cn(C)c(C(=O)Nc3cc(F)c(F)c(F)c3)c2F)C[C@@H]1CO. The summed E-state index contributed by atoms with van der Waals surface area (Å²) in [5.41, 5.74) is -1.24. The van der Waals surface area contributed by atoms with Crippen molar-refractivity contribution in [3.8, 4) is 0 Å². The number of sulfone groups is 1. The number of hydrogen-bond donors (Lipinski definition) is 2. The molecule has 3 rings (SSSR count). The van der Waals surface area contributed by atoms with Crippen molar-refractivity contribution in [3.63, 3.8) is 0 Å². The summed E-state index contributed by atoms with van der Waals surface area (Å²) >= 11 is 0. The van der Waals surface area contributed by atoms with E-state index in [1.54, 1.807) is 6.92 Å². The van der Waals surface area contributed by atoms with Gasteiger partial charge in [-0.15, -0.1) is 0 Å². The molecule has 1 aliphatic rings. The van der Waals surface area contributed by atoms with Gasteiger partial charge in [0.15, 0.2) is 33.1 Å². The zero-order chi connectivity index (χ0) is 26.1. The second-order valence-electron chi connectivity index (χ2n) is 8.05. The molecule has 2 aromatic rings. The molecule has 1 aliphatic heterocycles. The lowest BCUT2D eigenvalue weighted by Crippen LogP contribution is -2.38. The van der Waals surface area contributed by atoms with Crippen molar-refractivity contribution >= 4 is 27.5 Å². The van der Waals surface area contributed by atoms with Gasteiger partial charge in [-0.05, 0) is 19.3 Å². The molecule has 9 nitrogen and oxygen atoms in total. The molecule has 0 spiro atoms. The summed E-state index contributed by atoms with van der Waals surface area (Å²) in [6.07, 6.45) is 0.315. The fourth-order valence-corrected chi connectivity index (χ4v) is 5.73.